The topological polar surface area (TPSA) is 138 Å². The van der Waals surface area contributed by atoms with Crippen LogP contribution in [0.15, 0.2) is 10.6 Å². The van der Waals surface area contributed by atoms with Gasteiger partial charge in [0.15, 0.2) is 11.3 Å². The molecule has 0 saturated heterocycles. The highest BCUT2D eigenvalue weighted by atomic mass is 16.6. The van der Waals surface area contributed by atoms with Gasteiger partial charge in [0.05, 0.1) is 19.1 Å². The molecule has 0 unspecified atom stereocenters. The fourth-order valence-electron chi connectivity index (χ4n) is 2.09. The summed E-state index contributed by atoms with van der Waals surface area (Å²) in [7, 11) is 2.28. The number of ether oxygens (including phenoxy) is 2. The first-order valence-corrected chi connectivity index (χ1v) is 7.13. The summed E-state index contributed by atoms with van der Waals surface area (Å²) >= 11 is 0. The number of nitro groups is 1. The molecule has 0 bridgehead atoms. The number of carbonyl (C=O) groups excluding carboxylic acids is 1. The van der Waals surface area contributed by atoms with Crippen LogP contribution < -0.4 is 4.74 Å². The summed E-state index contributed by atoms with van der Waals surface area (Å²) in [6.07, 6.45) is 0. The molecule has 0 aliphatic heterocycles. The Balaban J connectivity index is 2.84. The molecule has 1 N–H and O–H groups in total. The molecular weight excluding hydrogens is 334 g/mol. The zero-order valence-corrected chi connectivity index (χ0v) is 14.3. The number of aromatic hydroxyl groups is 1. The number of benzene rings is 1. The predicted octanol–water partition coefficient (Wildman–Crippen LogP) is 2.44. The Morgan fingerprint density at radius 2 is 2.00 bits per heavy atom. The minimum atomic E-state index is -1.03. The highest BCUT2D eigenvalue weighted by Crippen LogP contribution is 2.44. The Morgan fingerprint density at radius 1 is 1.36 bits per heavy atom. The first-order chi connectivity index (χ1) is 11.6. The number of esters is 1. The number of aromatic nitrogens is 2. The van der Waals surface area contributed by atoms with E-state index in [2.05, 4.69) is 14.9 Å². The highest BCUT2D eigenvalue weighted by Gasteiger charge is 2.35. The molecule has 0 spiro atoms. The maximum Gasteiger partial charge on any atom is 0.345 e. The summed E-state index contributed by atoms with van der Waals surface area (Å²) in [5.74, 6) is -1.82. The standard InChI is InChI=1S/C15H17N3O7/c1-15(2,3)14-16-12(17-25-14)7-6-8(23-4)11(19)10(18(21)22)9(7)13(20)24-5/h6,19H,1-5H3. The van der Waals surface area contributed by atoms with Crippen LogP contribution >= 0.6 is 0 Å². The van der Waals surface area contributed by atoms with Gasteiger partial charge in [-0.3, -0.25) is 10.1 Å². The van der Waals surface area contributed by atoms with Gasteiger partial charge in [0.1, 0.15) is 0 Å². The highest BCUT2D eigenvalue weighted by molar-refractivity contribution is 6.02. The molecule has 0 aliphatic carbocycles. The van der Waals surface area contributed by atoms with Crippen LogP contribution in [0, 0.1) is 10.1 Å². The first-order valence-electron chi connectivity index (χ1n) is 7.13. The van der Waals surface area contributed by atoms with Crippen molar-refractivity contribution in [3.8, 4) is 22.9 Å². The van der Waals surface area contributed by atoms with Crippen molar-refractivity contribution in [2.45, 2.75) is 26.2 Å². The van der Waals surface area contributed by atoms with Gasteiger partial charge in [0.25, 0.3) is 0 Å². The summed E-state index contributed by atoms with van der Waals surface area (Å²) in [5.41, 5.74) is -1.87. The lowest BCUT2D eigenvalue weighted by molar-refractivity contribution is -0.386. The van der Waals surface area contributed by atoms with Crippen LogP contribution in [0.25, 0.3) is 11.4 Å². The van der Waals surface area contributed by atoms with Gasteiger partial charge < -0.3 is 19.1 Å². The maximum atomic E-state index is 12.1. The molecule has 10 heteroatoms. The van der Waals surface area contributed by atoms with E-state index in [-0.39, 0.29) is 23.0 Å². The molecule has 0 atom stereocenters. The number of nitro benzene ring substituents is 1. The molecule has 2 aromatic rings. The largest absolute Gasteiger partial charge is 0.499 e. The quantitative estimate of drug-likeness (QED) is 0.500. The fraction of sp³-hybridized carbons (Fsp3) is 0.400. The van der Waals surface area contributed by atoms with Crippen molar-refractivity contribution in [1.29, 1.82) is 0 Å². The Labute approximate surface area is 142 Å². The third-order valence-corrected chi connectivity index (χ3v) is 3.34. The lowest BCUT2D eigenvalue weighted by atomic mass is 9.97. The van der Waals surface area contributed by atoms with Crippen molar-refractivity contribution in [2.75, 3.05) is 14.2 Å². The number of carbonyl (C=O) groups is 1. The van der Waals surface area contributed by atoms with Crippen LogP contribution in [0.1, 0.15) is 37.0 Å². The van der Waals surface area contributed by atoms with E-state index in [9.17, 15) is 20.0 Å². The van der Waals surface area contributed by atoms with Gasteiger partial charge in [-0.05, 0) is 6.07 Å². The molecule has 1 aromatic heterocycles. The number of hydrogen-bond donors (Lipinski definition) is 1. The number of phenols is 1. The van der Waals surface area contributed by atoms with Gasteiger partial charge in [0.2, 0.25) is 17.5 Å². The third-order valence-electron chi connectivity index (χ3n) is 3.34. The van der Waals surface area contributed by atoms with E-state index >= 15 is 0 Å². The molecule has 134 valence electrons. The molecule has 0 saturated carbocycles. The van der Waals surface area contributed by atoms with Crippen LogP contribution in [-0.2, 0) is 10.2 Å². The Kier molecular flexibility index (Phi) is 4.64. The Morgan fingerprint density at radius 3 is 2.44 bits per heavy atom. The second-order valence-corrected chi connectivity index (χ2v) is 6.12. The lowest BCUT2D eigenvalue weighted by Gasteiger charge is -2.11. The van der Waals surface area contributed by atoms with Crippen molar-refractivity contribution in [1.82, 2.24) is 10.1 Å². The Hall–Kier alpha value is -3.17. The van der Waals surface area contributed by atoms with Crippen molar-refractivity contribution < 1.29 is 28.8 Å². The monoisotopic (exact) mass is 351 g/mol. The molecule has 10 nitrogen and oxygen atoms in total. The van der Waals surface area contributed by atoms with Crippen LogP contribution in [0.4, 0.5) is 5.69 Å². The molecule has 2 rings (SSSR count). The summed E-state index contributed by atoms with van der Waals surface area (Å²) in [4.78, 5) is 26.8. The van der Waals surface area contributed by atoms with Gasteiger partial charge in [-0.25, -0.2) is 4.79 Å². The van der Waals surface area contributed by atoms with E-state index in [1.807, 2.05) is 20.8 Å². The molecule has 0 fully saturated rings. The number of nitrogens with zero attached hydrogens (tertiary/aromatic N) is 3. The molecule has 0 aliphatic rings. The first kappa shape index (κ1) is 18.2. The van der Waals surface area contributed by atoms with Gasteiger partial charge in [-0.1, -0.05) is 25.9 Å². The zero-order chi connectivity index (χ0) is 18.9. The average molecular weight is 351 g/mol. The van der Waals surface area contributed by atoms with Crippen LogP contribution in [0.2, 0.25) is 0 Å². The van der Waals surface area contributed by atoms with Crippen molar-refractivity contribution in [2.24, 2.45) is 0 Å². The van der Waals surface area contributed by atoms with E-state index in [4.69, 9.17) is 9.26 Å². The van der Waals surface area contributed by atoms with Crippen LogP contribution in [0.3, 0.4) is 0 Å². The number of hydrogen-bond acceptors (Lipinski definition) is 9. The second kappa shape index (κ2) is 6.38. The maximum absolute atomic E-state index is 12.1. The minimum Gasteiger partial charge on any atom is -0.499 e. The van der Waals surface area contributed by atoms with Gasteiger partial charge in [0, 0.05) is 11.0 Å². The third kappa shape index (κ3) is 3.23. The zero-order valence-electron chi connectivity index (χ0n) is 14.3. The SMILES string of the molecule is COC(=O)c1c(-c2noc(C(C)(C)C)n2)cc(OC)c(O)c1[N+](=O)[O-]. The summed E-state index contributed by atoms with van der Waals surface area (Å²) < 4.78 is 14.7. The summed E-state index contributed by atoms with van der Waals surface area (Å²) in [5, 5.41) is 25.2. The number of methoxy groups -OCH3 is 2. The molecule has 25 heavy (non-hydrogen) atoms. The molecular formula is C15H17N3O7. The second-order valence-electron chi connectivity index (χ2n) is 6.12. The van der Waals surface area contributed by atoms with Gasteiger partial charge in [-0.15, -0.1) is 0 Å². The van der Waals surface area contributed by atoms with Crippen LogP contribution in [-0.4, -0.2) is 40.4 Å². The number of rotatable bonds is 4. The van der Waals surface area contributed by atoms with Crippen molar-refractivity contribution in [3.05, 3.63) is 27.6 Å². The molecule has 1 heterocycles. The lowest BCUT2D eigenvalue weighted by Crippen LogP contribution is -2.12. The molecule has 0 radical (unpaired) electrons. The summed E-state index contributed by atoms with van der Waals surface area (Å²) in [6, 6.07) is 1.21. The smallest absolute Gasteiger partial charge is 0.345 e. The van der Waals surface area contributed by atoms with Crippen LogP contribution in [0.5, 0.6) is 11.5 Å². The van der Waals surface area contributed by atoms with Gasteiger partial charge in [-0.2, -0.15) is 4.98 Å². The fourth-order valence-corrected chi connectivity index (χ4v) is 2.09. The van der Waals surface area contributed by atoms with E-state index < -0.39 is 33.3 Å². The normalized spacial score (nSPS) is 11.2. The Bertz CT molecular complexity index is 836. The number of phenolic OH excluding ortho intramolecular Hbond substituents is 1. The van der Waals surface area contributed by atoms with E-state index in [0.717, 1.165) is 7.11 Å². The average Bonchev–Trinajstić information content (AvgIpc) is 3.03. The van der Waals surface area contributed by atoms with E-state index in [0.29, 0.717) is 0 Å². The predicted molar refractivity (Wildman–Crippen MR) is 84.6 cm³/mol. The van der Waals surface area contributed by atoms with E-state index in [1.165, 1.54) is 13.2 Å². The minimum absolute atomic E-state index is 0.0487. The van der Waals surface area contributed by atoms with Crippen molar-refractivity contribution >= 4 is 11.7 Å². The summed E-state index contributed by atoms with van der Waals surface area (Å²) in [6.45, 7) is 5.52. The van der Waals surface area contributed by atoms with Gasteiger partial charge >= 0.3 is 11.7 Å². The van der Waals surface area contributed by atoms with Crippen molar-refractivity contribution in [3.63, 3.8) is 0 Å². The van der Waals surface area contributed by atoms with E-state index in [1.54, 1.807) is 0 Å². The molecule has 0 amide bonds. The molecule has 1 aromatic carbocycles.